The maximum absolute atomic E-state index is 11.7. The van der Waals surface area contributed by atoms with Crippen LogP contribution in [0.2, 0.25) is 0 Å². The molecule has 0 aromatic rings. The molecule has 1 saturated carbocycles. The molecule has 0 unspecified atom stereocenters. The topological polar surface area (TPSA) is 64.6 Å². The van der Waals surface area contributed by atoms with Crippen molar-refractivity contribution in [2.45, 2.75) is 78.0 Å². The lowest BCUT2D eigenvalue weighted by atomic mass is 10.1. The van der Waals surface area contributed by atoms with Crippen molar-refractivity contribution in [1.82, 2.24) is 5.32 Å². The predicted octanol–water partition coefficient (Wildman–Crippen LogP) is 3.58. The van der Waals surface area contributed by atoms with Crippen LogP contribution < -0.4 is 5.32 Å². The first-order chi connectivity index (χ1) is 9.94. The fourth-order valence-corrected chi connectivity index (χ4v) is 2.35. The molecule has 5 heteroatoms. The number of esters is 1. The van der Waals surface area contributed by atoms with Gasteiger partial charge in [-0.1, -0.05) is 6.08 Å². The van der Waals surface area contributed by atoms with E-state index in [4.69, 9.17) is 9.47 Å². The van der Waals surface area contributed by atoms with Crippen LogP contribution in [0.4, 0.5) is 4.79 Å². The number of hydrogen-bond donors (Lipinski definition) is 1. The van der Waals surface area contributed by atoms with Crippen molar-refractivity contribution in [2.75, 3.05) is 0 Å². The fraction of sp³-hybridized carbons (Fsp3) is 0.765. The molecule has 0 radical (unpaired) electrons. The van der Waals surface area contributed by atoms with Gasteiger partial charge in [0.2, 0.25) is 0 Å². The van der Waals surface area contributed by atoms with Crippen molar-refractivity contribution in [3.8, 4) is 0 Å². The Kier molecular flexibility index (Phi) is 6.03. The van der Waals surface area contributed by atoms with Crippen LogP contribution in [0.15, 0.2) is 12.2 Å². The molecule has 1 amide bonds. The third-order valence-electron chi connectivity index (χ3n) is 3.11. The number of rotatable bonds is 3. The second kappa shape index (κ2) is 7.16. The zero-order chi connectivity index (χ0) is 17.0. The largest absolute Gasteiger partial charge is 0.457 e. The minimum Gasteiger partial charge on any atom is -0.457 e. The molecule has 22 heavy (non-hydrogen) atoms. The molecule has 0 aromatic heterocycles. The molecule has 0 aromatic carbocycles. The minimum absolute atomic E-state index is 0.100. The summed E-state index contributed by atoms with van der Waals surface area (Å²) in [6.07, 6.45) is 5.64. The number of alkyl carbamates (subject to hydrolysis) is 1. The van der Waals surface area contributed by atoms with E-state index in [1.807, 2.05) is 47.6 Å². The zero-order valence-corrected chi connectivity index (χ0v) is 14.6. The maximum atomic E-state index is 11.7. The predicted molar refractivity (Wildman–Crippen MR) is 85.5 cm³/mol. The summed E-state index contributed by atoms with van der Waals surface area (Å²) in [6.45, 7) is 11.0. The lowest BCUT2D eigenvalue weighted by Gasteiger charge is -2.21. The second-order valence-electron chi connectivity index (χ2n) is 7.81. The summed E-state index contributed by atoms with van der Waals surface area (Å²) >= 11 is 0. The maximum Gasteiger partial charge on any atom is 0.407 e. The van der Waals surface area contributed by atoms with E-state index in [2.05, 4.69) is 5.32 Å². The average molecular weight is 311 g/mol. The van der Waals surface area contributed by atoms with Gasteiger partial charge < -0.3 is 14.8 Å². The summed E-state index contributed by atoms with van der Waals surface area (Å²) in [5.74, 6) is -0.0384. The lowest BCUT2D eigenvalue weighted by Crippen LogP contribution is -2.37. The van der Waals surface area contributed by atoms with Crippen molar-refractivity contribution < 1.29 is 19.1 Å². The first-order valence-corrected chi connectivity index (χ1v) is 7.85. The van der Waals surface area contributed by atoms with E-state index in [0.717, 1.165) is 19.3 Å². The van der Waals surface area contributed by atoms with E-state index in [1.54, 1.807) is 0 Å². The molecule has 1 aliphatic carbocycles. The minimum atomic E-state index is -0.487. The molecular formula is C17H29NO4. The third-order valence-corrected chi connectivity index (χ3v) is 3.11. The highest BCUT2D eigenvalue weighted by molar-refractivity contribution is 5.82. The normalized spacial score (nSPS) is 22.6. The standard InChI is InChI=1S/C17H29NO4/c1-16(2,3)21-14(19)10-8-12-7-9-13(11-12)18-15(20)22-17(4,5)6/h8,10,12-13H,7,9,11H2,1-6H3,(H,18,20)/t12-,13-/m1/s1. The van der Waals surface area contributed by atoms with Crippen LogP contribution in [-0.2, 0) is 14.3 Å². The summed E-state index contributed by atoms with van der Waals surface area (Å²) in [5, 5.41) is 2.88. The van der Waals surface area contributed by atoms with Crippen LogP contribution in [0.3, 0.4) is 0 Å². The van der Waals surface area contributed by atoms with Crippen LogP contribution in [0, 0.1) is 5.92 Å². The quantitative estimate of drug-likeness (QED) is 0.639. The number of carbonyl (C=O) groups is 2. The molecule has 1 fully saturated rings. The first kappa shape index (κ1) is 18.5. The van der Waals surface area contributed by atoms with Gasteiger partial charge in [0.1, 0.15) is 11.2 Å². The van der Waals surface area contributed by atoms with Gasteiger partial charge in [0, 0.05) is 12.1 Å². The fourth-order valence-electron chi connectivity index (χ4n) is 2.35. The highest BCUT2D eigenvalue weighted by Gasteiger charge is 2.26. The summed E-state index contributed by atoms with van der Waals surface area (Å²) in [7, 11) is 0. The molecule has 0 heterocycles. The molecule has 1 rings (SSSR count). The van der Waals surface area contributed by atoms with Crippen molar-refractivity contribution in [3.63, 3.8) is 0 Å². The summed E-state index contributed by atoms with van der Waals surface area (Å²) in [6, 6.07) is 0.100. The van der Waals surface area contributed by atoms with Gasteiger partial charge in [-0.2, -0.15) is 0 Å². The Hall–Kier alpha value is -1.52. The van der Waals surface area contributed by atoms with E-state index in [-0.39, 0.29) is 24.0 Å². The third kappa shape index (κ3) is 8.05. The van der Waals surface area contributed by atoms with Crippen LogP contribution >= 0.6 is 0 Å². The van der Waals surface area contributed by atoms with Crippen molar-refractivity contribution in [2.24, 2.45) is 5.92 Å². The first-order valence-electron chi connectivity index (χ1n) is 7.85. The summed E-state index contributed by atoms with van der Waals surface area (Å²) < 4.78 is 10.5. The Balaban J connectivity index is 2.37. The van der Waals surface area contributed by atoms with E-state index in [9.17, 15) is 9.59 Å². The number of nitrogens with one attached hydrogen (secondary N) is 1. The van der Waals surface area contributed by atoms with Gasteiger partial charge in [-0.25, -0.2) is 9.59 Å². The van der Waals surface area contributed by atoms with E-state index >= 15 is 0 Å². The molecule has 1 aliphatic rings. The molecule has 0 saturated heterocycles. The number of amides is 1. The molecule has 1 N–H and O–H groups in total. The average Bonchev–Trinajstić information content (AvgIpc) is 2.68. The summed E-state index contributed by atoms with van der Waals surface area (Å²) in [4.78, 5) is 23.4. The Bertz CT molecular complexity index is 429. The van der Waals surface area contributed by atoms with Gasteiger partial charge in [0.25, 0.3) is 0 Å². The van der Waals surface area contributed by atoms with Gasteiger partial charge in [-0.15, -0.1) is 0 Å². The number of hydrogen-bond acceptors (Lipinski definition) is 4. The smallest absolute Gasteiger partial charge is 0.407 e. The summed E-state index contributed by atoms with van der Waals surface area (Å²) in [5.41, 5.74) is -0.962. The molecular weight excluding hydrogens is 282 g/mol. The molecule has 0 spiro atoms. The molecule has 2 atom stereocenters. The Morgan fingerprint density at radius 3 is 2.14 bits per heavy atom. The highest BCUT2D eigenvalue weighted by atomic mass is 16.6. The Morgan fingerprint density at radius 2 is 1.59 bits per heavy atom. The lowest BCUT2D eigenvalue weighted by molar-refractivity contribution is -0.148. The van der Waals surface area contributed by atoms with Gasteiger partial charge in [-0.05, 0) is 66.7 Å². The second-order valence-corrected chi connectivity index (χ2v) is 7.81. The Morgan fingerprint density at radius 1 is 1.00 bits per heavy atom. The molecule has 0 bridgehead atoms. The monoisotopic (exact) mass is 311 g/mol. The highest BCUT2D eigenvalue weighted by Crippen LogP contribution is 2.27. The van der Waals surface area contributed by atoms with Crippen LogP contribution in [0.1, 0.15) is 60.8 Å². The van der Waals surface area contributed by atoms with Gasteiger partial charge in [0.05, 0.1) is 0 Å². The van der Waals surface area contributed by atoms with E-state index in [0.29, 0.717) is 0 Å². The van der Waals surface area contributed by atoms with E-state index < -0.39 is 11.2 Å². The SMILES string of the molecule is CC(C)(C)OC(=O)C=C[C@H]1CC[C@@H](NC(=O)OC(C)(C)C)C1. The zero-order valence-electron chi connectivity index (χ0n) is 14.6. The van der Waals surface area contributed by atoms with Gasteiger partial charge >= 0.3 is 12.1 Å². The molecule has 126 valence electrons. The number of carbonyl (C=O) groups excluding carboxylic acids is 2. The van der Waals surface area contributed by atoms with Gasteiger partial charge in [-0.3, -0.25) is 0 Å². The van der Waals surface area contributed by atoms with Crippen LogP contribution in [0.5, 0.6) is 0 Å². The van der Waals surface area contributed by atoms with Crippen LogP contribution in [0.25, 0.3) is 0 Å². The van der Waals surface area contributed by atoms with Crippen LogP contribution in [-0.4, -0.2) is 29.3 Å². The van der Waals surface area contributed by atoms with Crippen molar-refractivity contribution >= 4 is 12.1 Å². The number of allylic oxidation sites excluding steroid dienone is 1. The molecule has 0 aliphatic heterocycles. The van der Waals surface area contributed by atoms with Crippen molar-refractivity contribution in [1.29, 1.82) is 0 Å². The molecule has 5 nitrogen and oxygen atoms in total. The Labute approximate surface area is 133 Å². The van der Waals surface area contributed by atoms with Gasteiger partial charge in [0.15, 0.2) is 0 Å². The van der Waals surface area contributed by atoms with E-state index in [1.165, 1.54) is 6.08 Å². The number of ether oxygens (including phenoxy) is 2. The van der Waals surface area contributed by atoms with Crippen molar-refractivity contribution in [3.05, 3.63) is 12.2 Å².